The van der Waals surface area contributed by atoms with Crippen LogP contribution in [-0.4, -0.2) is 5.78 Å². The van der Waals surface area contributed by atoms with Crippen molar-refractivity contribution in [2.75, 3.05) is 0 Å². The first kappa shape index (κ1) is 10.3. The van der Waals surface area contributed by atoms with Gasteiger partial charge in [0.1, 0.15) is 5.78 Å². The molecule has 2 heteroatoms. The van der Waals surface area contributed by atoms with Crippen molar-refractivity contribution in [2.45, 2.75) is 43.9 Å². The molecular weight excluding hydrogens is 220 g/mol. The van der Waals surface area contributed by atoms with Crippen LogP contribution >= 0.6 is 11.6 Å². The maximum Gasteiger partial charge on any atom is 0.143 e. The molecule has 0 unspecified atom stereocenters. The minimum Gasteiger partial charge on any atom is -0.299 e. The summed E-state index contributed by atoms with van der Waals surface area (Å²) in [5.41, 5.74) is 2.24. The molecule has 16 heavy (non-hydrogen) atoms. The van der Waals surface area contributed by atoms with E-state index in [1.165, 1.54) is 5.56 Å². The molecule has 0 bridgehead atoms. The number of ketones is 1. The summed E-state index contributed by atoms with van der Waals surface area (Å²) in [5, 5.41) is 0.799. The summed E-state index contributed by atoms with van der Waals surface area (Å²) in [6, 6.07) is 6.06. The lowest BCUT2D eigenvalue weighted by molar-refractivity contribution is -0.125. The van der Waals surface area contributed by atoms with Gasteiger partial charge in [-0.15, -0.1) is 0 Å². The Hall–Kier alpha value is -0.820. The van der Waals surface area contributed by atoms with E-state index in [0.29, 0.717) is 12.2 Å². The summed E-state index contributed by atoms with van der Waals surface area (Å²) in [6.07, 6.45) is 5.90. The molecule has 0 aliphatic heterocycles. The highest BCUT2D eigenvalue weighted by Gasteiger charge is 2.46. The minimum atomic E-state index is -0.216. The largest absolute Gasteiger partial charge is 0.299 e. The molecule has 0 saturated heterocycles. The first-order chi connectivity index (χ1) is 7.74. The number of hydrogen-bond donors (Lipinski definition) is 0. The van der Waals surface area contributed by atoms with E-state index >= 15 is 0 Å². The lowest BCUT2D eigenvalue weighted by Crippen LogP contribution is -2.37. The van der Waals surface area contributed by atoms with Gasteiger partial charge in [-0.25, -0.2) is 0 Å². The van der Waals surface area contributed by atoms with Crippen LogP contribution in [0.5, 0.6) is 0 Å². The Morgan fingerprint density at radius 3 is 2.62 bits per heavy atom. The second-order valence-corrected chi connectivity index (χ2v) is 5.39. The fourth-order valence-corrected chi connectivity index (χ4v) is 3.82. The highest BCUT2D eigenvalue weighted by atomic mass is 35.5. The maximum absolute atomic E-state index is 12.3. The third-order valence-electron chi connectivity index (χ3n) is 4.19. The molecule has 0 amide bonds. The molecule has 1 saturated carbocycles. The van der Waals surface area contributed by atoms with Gasteiger partial charge in [-0.1, -0.05) is 36.6 Å². The van der Waals surface area contributed by atoms with Gasteiger partial charge in [0.05, 0.1) is 5.41 Å². The maximum atomic E-state index is 12.3. The summed E-state index contributed by atoms with van der Waals surface area (Å²) in [6.45, 7) is 0. The van der Waals surface area contributed by atoms with Crippen molar-refractivity contribution in [1.29, 1.82) is 0 Å². The highest BCUT2D eigenvalue weighted by molar-refractivity contribution is 6.32. The van der Waals surface area contributed by atoms with Gasteiger partial charge in [0, 0.05) is 11.4 Å². The molecule has 1 aromatic rings. The Balaban J connectivity index is 2.23. The Morgan fingerprint density at radius 1 is 1.12 bits per heavy atom. The Morgan fingerprint density at radius 2 is 1.88 bits per heavy atom. The lowest BCUT2D eigenvalue weighted by atomic mass is 9.68. The summed E-state index contributed by atoms with van der Waals surface area (Å²) in [5.74, 6) is 0.422. The van der Waals surface area contributed by atoms with Crippen LogP contribution in [0.25, 0.3) is 0 Å². The van der Waals surface area contributed by atoms with Crippen LogP contribution in [0.3, 0.4) is 0 Å². The molecule has 1 spiro atoms. The molecule has 3 rings (SSSR count). The average Bonchev–Trinajstić information content (AvgIpc) is 2.74. The van der Waals surface area contributed by atoms with Crippen molar-refractivity contribution in [3.8, 4) is 0 Å². The number of carbonyl (C=O) groups excluding carboxylic acids is 1. The fraction of sp³-hybridized carbons (Fsp3) is 0.500. The molecule has 0 atom stereocenters. The molecule has 0 aromatic heterocycles. The fourth-order valence-electron chi connectivity index (χ4n) is 3.45. The number of halogens is 1. The van der Waals surface area contributed by atoms with E-state index in [9.17, 15) is 4.79 Å². The van der Waals surface area contributed by atoms with Gasteiger partial charge in [0.2, 0.25) is 0 Å². The summed E-state index contributed by atoms with van der Waals surface area (Å²) < 4.78 is 0. The number of Topliss-reactive ketones (excluding diaryl/α,β-unsaturated/α-hetero) is 1. The third-order valence-corrected chi connectivity index (χ3v) is 4.51. The van der Waals surface area contributed by atoms with Gasteiger partial charge in [0.25, 0.3) is 0 Å². The van der Waals surface area contributed by atoms with Crippen LogP contribution in [0, 0.1) is 0 Å². The first-order valence-electron chi connectivity index (χ1n) is 6.05. The quantitative estimate of drug-likeness (QED) is 0.670. The molecule has 0 N–H and O–H groups in total. The predicted octanol–water partition coefficient (Wildman–Crippen LogP) is 3.67. The van der Waals surface area contributed by atoms with Crippen molar-refractivity contribution >= 4 is 17.4 Å². The SMILES string of the molecule is O=C1CCc2cccc(Cl)c2C12CCCC2. The smallest absolute Gasteiger partial charge is 0.143 e. The van der Waals surface area contributed by atoms with E-state index in [1.807, 2.05) is 12.1 Å². The van der Waals surface area contributed by atoms with Crippen molar-refractivity contribution in [2.24, 2.45) is 0 Å². The van der Waals surface area contributed by atoms with Crippen molar-refractivity contribution < 1.29 is 4.79 Å². The first-order valence-corrected chi connectivity index (χ1v) is 6.43. The van der Waals surface area contributed by atoms with Gasteiger partial charge in [0.15, 0.2) is 0 Å². The van der Waals surface area contributed by atoms with E-state index in [0.717, 1.165) is 42.7 Å². The predicted molar refractivity (Wildman–Crippen MR) is 64.9 cm³/mol. The number of fused-ring (bicyclic) bond motifs is 2. The minimum absolute atomic E-state index is 0.216. The molecule has 0 radical (unpaired) electrons. The van der Waals surface area contributed by atoms with Crippen LogP contribution in [0.4, 0.5) is 0 Å². The zero-order valence-corrected chi connectivity index (χ0v) is 10.0. The van der Waals surface area contributed by atoms with Crippen LogP contribution in [0.15, 0.2) is 18.2 Å². The van der Waals surface area contributed by atoms with E-state index in [1.54, 1.807) is 0 Å². The summed E-state index contributed by atoms with van der Waals surface area (Å²) >= 11 is 6.32. The molecule has 1 fully saturated rings. The van der Waals surface area contributed by atoms with E-state index < -0.39 is 0 Å². The average molecular weight is 235 g/mol. The molecule has 2 aliphatic carbocycles. The summed E-state index contributed by atoms with van der Waals surface area (Å²) in [4.78, 5) is 12.3. The van der Waals surface area contributed by atoms with Crippen molar-refractivity contribution in [3.63, 3.8) is 0 Å². The van der Waals surface area contributed by atoms with Gasteiger partial charge in [-0.3, -0.25) is 4.79 Å². The molecule has 1 nitrogen and oxygen atoms in total. The Labute approximate surface area is 101 Å². The second kappa shape index (κ2) is 3.59. The number of benzene rings is 1. The zero-order valence-electron chi connectivity index (χ0n) is 9.26. The number of carbonyl (C=O) groups is 1. The van der Waals surface area contributed by atoms with Crippen LogP contribution < -0.4 is 0 Å². The highest BCUT2D eigenvalue weighted by Crippen LogP contribution is 2.49. The molecule has 0 heterocycles. The lowest BCUT2D eigenvalue weighted by Gasteiger charge is -2.35. The van der Waals surface area contributed by atoms with E-state index in [4.69, 9.17) is 11.6 Å². The summed E-state index contributed by atoms with van der Waals surface area (Å²) in [7, 11) is 0. The second-order valence-electron chi connectivity index (χ2n) is 4.99. The van der Waals surface area contributed by atoms with E-state index in [-0.39, 0.29) is 5.41 Å². The van der Waals surface area contributed by atoms with Crippen molar-refractivity contribution in [3.05, 3.63) is 34.3 Å². The van der Waals surface area contributed by atoms with Gasteiger partial charge < -0.3 is 0 Å². The van der Waals surface area contributed by atoms with Gasteiger partial charge in [-0.05, 0) is 36.5 Å². The molecule has 2 aliphatic rings. The van der Waals surface area contributed by atoms with Crippen LogP contribution in [0.1, 0.15) is 43.2 Å². The number of hydrogen-bond acceptors (Lipinski definition) is 1. The molecule has 1 aromatic carbocycles. The standard InChI is InChI=1S/C14H15ClO/c15-11-5-3-4-10-6-7-12(16)14(13(10)11)8-1-2-9-14/h3-5H,1-2,6-9H2. The number of aryl methyl sites for hydroxylation is 1. The molecular formula is C14H15ClO. The zero-order chi connectivity index (χ0) is 11.2. The van der Waals surface area contributed by atoms with Crippen molar-refractivity contribution in [1.82, 2.24) is 0 Å². The Bertz CT molecular complexity index is 444. The van der Waals surface area contributed by atoms with Gasteiger partial charge >= 0.3 is 0 Å². The topological polar surface area (TPSA) is 17.1 Å². The Kier molecular flexibility index (Phi) is 2.32. The monoisotopic (exact) mass is 234 g/mol. The molecule has 84 valence electrons. The van der Waals surface area contributed by atoms with Gasteiger partial charge in [-0.2, -0.15) is 0 Å². The number of rotatable bonds is 0. The van der Waals surface area contributed by atoms with Crippen LogP contribution in [0.2, 0.25) is 5.02 Å². The van der Waals surface area contributed by atoms with E-state index in [2.05, 4.69) is 6.07 Å². The third kappa shape index (κ3) is 1.27. The normalized spacial score (nSPS) is 22.4. The van der Waals surface area contributed by atoms with Crippen LogP contribution in [-0.2, 0) is 16.6 Å².